The fourth-order valence-electron chi connectivity index (χ4n) is 2.26. The molecule has 5 nitrogen and oxygen atoms in total. The van der Waals surface area contributed by atoms with E-state index in [0.29, 0.717) is 37.4 Å². The normalized spacial score (nSPS) is 17.4. The molecule has 0 radical (unpaired) electrons. The van der Waals surface area contributed by atoms with Gasteiger partial charge in [0.1, 0.15) is 23.2 Å². The van der Waals surface area contributed by atoms with E-state index < -0.39 is 5.67 Å². The molecule has 2 heterocycles. The van der Waals surface area contributed by atoms with Gasteiger partial charge in [-0.3, -0.25) is 4.79 Å². The highest BCUT2D eigenvalue weighted by Crippen LogP contribution is 2.28. The molecule has 1 fully saturated rings. The molecule has 6 heteroatoms. The third kappa shape index (κ3) is 3.44. The minimum absolute atomic E-state index is 0.0574. The van der Waals surface area contributed by atoms with E-state index in [2.05, 4.69) is 10.3 Å². The first kappa shape index (κ1) is 14.3. The monoisotopic (exact) mass is 276 g/mol. The Morgan fingerprint density at radius 3 is 2.85 bits per heavy atom. The lowest BCUT2D eigenvalue weighted by atomic mass is 9.93. The van der Waals surface area contributed by atoms with Crippen molar-refractivity contribution in [2.75, 3.05) is 24.5 Å². The number of hydrogen-bond acceptors (Lipinski definition) is 4. The van der Waals surface area contributed by atoms with Crippen LogP contribution in [0, 0.1) is 11.3 Å². The summed E-state index contributed by atoms with van der Waals surface area (Å²) in [4.78, 5) is 17.0. The van der Waals surface area contributed by atoms with Gasteiger partial charge in [-0.2, -0.15) is 5.26 Å². The molecule has 1 aromatic rings. The Morgan fingerprint density at radius 1 is 1.55 bits per heavy atom. The van der Waals surface area contributed by atoms with Crippen LogP contribution in [0.25, 0.3) is 0 Å². The van der Waals surface area contributed by atoms with E-state index in [1.165, 1.54) is 6.92 Å². The first-order valence-electron chi connectivity index (χ1n) is 6.58. The quantitative estimate of drug-likeness (QED) is 0.906. The molecule has 0 aliphatic carbocycles. The van der Waals surface area contributed by atoms with Crippen molar-refractivity contribution in [2.24, 2.45) is 0 Å². The smallest absolute Gasteiger partial charge is 0.216 e. The van der Waals surface area contributed by atoms with Crippen LogP contribution >= 0.6 is 0 Å². The standard InChI is InChI=1S/C14H17FN4O/c1-11(20)17-10-14(15)5-7-19(8-6-14)13-4-2-3-12(9-16)18-13/h2-4H,5-8,10H2,1H3,(H,17,20). The number of hydrogen-bond donors (Lipinski definition) is 1. The highest BCUT2D eigenvalue weighted by Gasteiger charge is 2.35. The number of nitrogens with zero attached hydrogens (tertiary/aromatic N) is 3. The average molecular weight is 276 g/mol. The van der Waals surface area contributed by atoms with E-state index >= 15 is 0 Å². The van der Waals surface area contributed by atoms with E-state index in [9.17, 15) is 9.18 Å². The Labute approximate surface area is 117 Å². The first-order valence-corrected chi connectivity index (χ1v) is 6.58. The maximum Gasteiger partial charge on any atom is 0.216 e. The summed E-state index contributed by atoms with van der Waals surface area (Å²) < 4.78 is 14.5. The van der Waals surface area contributed by atoms with Gasteiger partial charge >= 0.3 is 0 Å². The Morgan fingerprint density at radius 2 is 2.25 bits per heavy atom. The molecule has 0 saturated carbocycles. The number of nitrogens with one attached hydrogen (secondary N) is 1. The lowest BCUT2D eigenvalue weighted by molar-refractivity contribution is -0.119. The number of pyridine rings is 1. The Kier molecular flexibility index (Phi) is 4.18. The average Bonchev–Trinajstić information content (AvgIpc) is 2.46. The molecule has 0 atom stereocenters. The van der Waals surface area contributed by atoms with Crippen LogP contribution in [0.3, 0.4) is 0 Å². The van der Waals surface area contributed by atoms with Crippen LogP contribution in [0.2, 0.25) is 0 Å². The van der Waals surface area contributed by atoms with Crippen molar-refractivity contribution in [3.05, 3.63) is 23.9 Å². The second-order valence-electron chi connectivity index (χ2n) is 5.04. The predicted octanol–water partition coefficient (Wildman–Crippen LogP) is 1.40. The molecule has 0 spiro atoms. The second kappa shape index (κ2) is 5.87. The Hall–Kier alpha value is -2.16. The molecule has 1 aromatic heterocycles. The van der Waals surface area contributed by atoms with Crippen molar-refractivity contribution < 1.29 is 9.18 Å². The summed E-state index contributed by atoms with van der Waals surface area (Å²) in [5.41, 5.74) is -0.993. The number of alkyl halides is 1. The Balaban J connectivity index is 1.96. The zero-order valence-corrected chi connectivity index (χ0v) is 11.4. The van der Waals surface area contributed by atoms with Crippen LogP contribution in [0.5, 0.6) is 0 Å². The van der Waals surface area contributed by atoms with E-state index in [1.54, 1.807) is 12.1 Å². The molecule has 0 unspecified atom stereocenters. The molecule has 106 valence electrons. The van der Waals surface area contributed by atoms with Crippen molar-refractivity contribution in [3.8, 4) is 6.07 Å². The zero-order chi connectivity index (χ0) is 14.6. The minimum Gasteiger partial charge on any atom is -0.356 e. The first-order chi connectivity index (χ1) is 9.52. The number of carbonyl (C=O) groups excluding carboxylic acids is 1. The highest BCUT2D eigenvalue weighted by molar-refractivity contribution is 5.72. The SMILES string of the molecule is CC(=O)NCC1(F)CCN(c2cccc(C#N)n2)CC1. The van der Waals surface area contributed by atoms with Gasteiger partial charge in [0.25, 0.3) is 0 Å². The van der Waals surface area contributed by atoms with Gasteiger partial charge in [-0.25, -0.2) is 9.37 Å². The van der Waals surface area contributed by atoms with Gasteiger partial charge in [0.15, 0.2) is 0 Å². The van der Waals surface area contributed by atoms with Gasteiger partial charge in [0.05, 0.1) is 6.54 Å². The number of amides is 1. The summed E-state index contributed by atoms with van der Waals surface area (Å²) in [6, 6.07) is 7.23. The van der Waals surface area contributed by atoms with Crippen molar-refractivity contribution in [1.29, 1.82) is 5.26 Å². The molecule has 1 aliphatic heterocycles. The van der Waals surface area contributed by atoms with E-state index in [-0.39, 0.29) is 12.5 Å². The van der Waals surface area contributed by atoms with Gasteiger partial charge in [-0.05, 0) is 12.1 Å². The van der Waals surface area contributed by atoms with Gasteiger partial charge in [0, 0.05) is 32.9 Å². The predicted molar refractivity (Wildman–Crippen MR) is 72.9 cm³/mol. The Bertz CT molecular complexity index is 532. The number of carbonyl (C=O) groups is 1. The van der Waals surface area contributed by atoms with Crippen LogP contribution in [0.15, 0.2) is 18.2 Å². The summed E-state index contributed by atoms with van der Waals surface area (Å²) in [7, 11) is 0. The van der Waals surface area contributed by atoms with Crippen molar-refractivity contribution in [2.45, 2.75) is 25.4 Å². The second-order valence-corrected chi connectivity index (χ2v) is 5.04. The molecular formula is C14H17FN4O. The molecule has 1 N–H and O–H groups in total. The molecule has 20 heavy (non-hydrogen) atoms. The summed E-state index contributed by atoms with van der Waals surface area (Å²) in [5, 5.41) is 11.4. The number of nitriles is 1. The number of aromatic nitrogens is 1. The third-order valence-corrected chi connectivity index (χ3v) is 3.49. The lowest BCUT2D eigenvalue weighted by Gasteiger charge is -2.37. The topological polar surface area (TPSA) is 69.0 Å². The van der Waals surface area contributed by atoms with Crippen LogP contribution in [-0.4, -0.2) is 36.2 Å². The maximum absolute atomic E-state index is 14.5. The van der Waals surface area contributed by atoms with Crippen molar-refractivity contribution in [3.63, 3.8) is 0 Å². The van der Waals surface area contributed by atoms with E-state index in [0.717, 1.165) is 0 Å². The molecule has 1 aliphatic rings. The molecule has 1 amide bonds. The number of anilines is 1. The summed E-state index contributed by atoms with van der Waals surface area (Å²) in [6.07, 6.45) is 0.678. The van der Waals surface area contributed by atoms with Crippen LogP contribution in [0.4, 0.5) is 10.2 Å². The number of halogens is 1. The van der Waals surface area contributed by atoms with E-state index in [4.69, 9.17) is 5.26 Å². The molecule has 0 aromatic carbocycles. The van der Waals surface area contributed by atoms with Crippen LogP contribution < -0.4 is 10.2 Å². The lowest BCUT2D eigenvalue weighted by Crippen LogP contribution is -2.48. The molecular weight excluding hydrogens is 259 g/mol. The summed E-state index contributed by atoms with van der Waals surface area (Å²) in [6.45, 7) is 2.49. The largest absolute Gasteiger partial charge is 0.356 e. The van der Waals surface area contributed by atoms with Gasteiger partial charge in [0.2, 0.25) is 5.91 Å². The fraction of sp³-hybridized carbons (Fsp3) is 0.500. The minimum atomic E-state index is -1.35. The maximum atomic E-state index is 14.5. The van der Waals surface area contributed by atoms with Crippen LogP contribution in [-0.2, 0) is 4.79 Å². The number of rotatable bonds is 3. The summed E-state index contributed by atoms with van der Waals surface area (Å²) >= 11 is 0. The van der Waals surface area contributed by atoms with Crippen LogP contribution in [0.1, 0.15) is 25.5 Å². The van der Waals surface area contributed by atoms with Crippen molar-refractivity contribution >= 4 is 11.7 Å². The zero-order valence-electron chi connectivity index (χ0n) is 11.4. The van der Waals surface area contributed by atoms with E-state index in [1.807, 2.05) is 17.0 Å². The molecule has 1 saturated heterocycles. The third-order valence-electron chi connectivity index (χ3n) is 3.49. The summed E-state index contributed by atoms with van der Waals surface area (Å²) in [5.74, 6) is 0.485. The van der Waals surface area contributed by atoms with Gasteiger partial charge in [-0.1, -0.05) is 6.07 Å². The van der Waals surface area contributed by atoms with Gasteiger partial charge in [-0.15, -0.1) is 0 Å². The van der Waals surface area contributed by atoms with Crippen molar-refractivity contribution in [1.82, 2.24) is 10.3 Å². The van der Waals surface area contributed by atoms with Gasteiger partial charge < -0.3 is 10.2 Å². The molecule has 0 bridgehead atoms. The molecule has 2 rings (SSSR count). The number of piperidine rings is 1. The fourth-order valence-corrected chi connectivity index (χ4v) is 2.26. The highest BCUT2D eigenvalue weighted by atomic mass is 19.1.